The topological polar surface area (TPSA) is 39.1 Å². The van der Waals surface area contributed by atoms with Crippen molar-refractivity contribution in [3.63, 3.8) is 0 Å². The molecule has 2 rings (SSSR count). The second kappa shape index (κ2) is 5.81. The number of hydrogen-bond donors (Lipinski definition) is 1. The lowest BCUT2D eigenvalue weighted by Crippen LogP contribution is -2.32. The first-order valence-corrected chi connectivity index (χ1v) is 6.18. The van der Waals surface area contributed by atoms with Crippen LogP contribution in [0.25, 0.3) is 0 Å². The molecule has 0 spiro atoms. The van der Waals surface area contributed by atoms with Crippen molar-refractivity contribution in [1.82, 2.24) is 10.2 Å². The van der Waals surface area contributed by atoms with Gasteiger partial charge in [0.2, 0.25) is 0 Å². The molecular weight excluding hydrogens is 210 g/mol. The summed E-state index contributed by atoms with van der Waals surface area (Å²) in [6, 6.07) is 13.5. The summed E-state index contributed by atoms with van der Waals surface area (Å²) in [6.45, 7) is 2.12. The number of likely N-dealkylation sites (tertiary alicyclic amines) is 1. The molecule has 0 bridgehead atoms. The molecule has 1 heterocycles. The fourth-order valence-corrected chi connectivity index (χ4v) is 2.53. The predicted molar refractivity (Wildman–Crippen MR) is 68.5 cm³/mol. The first-order chi connectivity index (χ1) is 8.35. The second-order valence-electron chi connectivity index (χ2n) is 4.56. The molecule has 3 nitrogen and oxygen atoms in total. The maximum atomic E-state index is 8.99. The van der Waals surface area contributed by atoms with Crippen LogP contribution in [0.15, 0.2) is 30.3 Å². The maximum absolute atomic E-state index is 8.99. The highest BCUT2D eigenvalue weighted by Gasteiger charge is 2.27. The molecule has 0 saturated carbocycles. The zero-order chi connectivity index (χ0) is 12.1. The van der Waals surface area contributed by atoms with E-state index in [4.69, 9.17) is 5.26 Å². The highest BCUT2D eigenvalue weighted by Crippen LogP contribution is 2.27. The van der Waals surface area contributed by atoms with Gasteiger partial charge in [0.05, 0.1) is 12.5 Å². The van der Waals surface area contributed by atoms with Gasteiger partial charge in [0.15, 0.2) is 0 Å². The van der Waals surface area contributed by atoms with Crippen molar-refractivity contribution in [2.24, 2.45) is 0 Å². The third-order valence-corrected chi connectivity index (χ3v) is 3.54. The average Bonchev–Trinajstić information content (AvgIpc) is 2.85. The summed E-state index contributed by atoms with van der Waals surface area (Å²) in [6.07, 6.45) is 1.74. The van der Waals surface area contributed by atoms with Gasteiger partial charge in [-0.2, -0.15) is 5.26 Å². The normalized spacial score (nSPS) is 22.2. The number of nitriles is 1. The minimum absolute atomic E-state index is 0.250. The summed E-state index contributed by atoms with van der Waals surface area (Å²) in [5.41, 5.74) is 1.26. The molecule has 1 fully saturated rings. The van der Waals surface area contributed by atoms with Crippen molar-refractivity contribution in [1.29, 1.82) is 5.26 Å². The van der Waals surface area contributed by atoms with E-state index in [1.807, 2.05) is 25.2 Å². The van der Waals surface area contributed by atoms with Crippen LogP contribution in [0.2, 0.25) is 0 Å². The summed E-state index contributed by atoms with van der Waals surface area (Å²) in [7, 11) is 2.01. The van der Waals surface area contributed by atoms with Gasteiger partial charge < -0.3 is 5.32 Å². The fraction of sp³-hybridized carbons (Fsp3) is 0.500. The monoisotopic (exact) mass is 229 g/mol. The molecule has 1 aromatic carbocycles. The third kappa shape index (κ3) is 2.85. The van der Waals surface area contributed by atoms with Crippen LogP contribution < -0.4 is 5.32 Å². The van der Waals surface area contributed by atoms with Gasteiger partial charge in [0, 0.05) is 25.2 Å². The third-order valence-electron chi connectivity index (χ3n) is 3.54. The molecule has 0 radical (unpaired) electrons. The Labute approximate surface area is 103 Å². The van der Waals surface area contributed by atoms with Gasteiger partial charge >= 0.3 is 0 Å². The Bertz CT molecular complexity index is 382. The lowest BCUT2D eigenvalue weighted by Gasteiger charge is -2.26. The predicted octanol–water partition coefficient (Wildman–Crippen LogP) is 1.94. The molecule has 1 N–H and O–H groups in total. The van der Waals surface area contributed by atoms with E-state index in [1.165, 1.54) is 12.0 Å². The lowest BCUT2D eigenvalue weighted by molar-refractivity contribution is 0.243. The van der Waals surface area contributed by atoms with Crippen molar-refractivity contribution in [2.45, 2.75) is 24.9 Å². The van der Waals surface area contributed by atoms with Crippen LogP contribution in [-0.2, 0) is 0 Å². The van der Waals surface area contributed by atoms with Gasteiger partial charge in [-0.3, -0.25) is 4.90 Å². The van der Waals surface area contributed by atoms with Crippen molar-refractivity contribution in [2.75, 3.05) is 20.1 Å². The molecule has 1 aliphatic heterocycles. The number of likely N-dealkylation sites (N-methyl/N-ethyl adjacent to an activating group) is 1. The SMILES string of the molecule is CNC1CCN(C(CC#N)c2ccccc2)C1. The van der Waals surface area contributed by atoms with Crippen LogP contribution in [0.4, 0.5) is 0 Å². The van der Waals surface area contributed by atoms with Gasteiger partial charge in [0.25, 0.3) is 0 Å². The van der Waals surface area contributed by atoms with Gasteiger partial charge in [-0.15, -0.1) is 0 Å². The molecule has 0 amide bonds. The number of nitrogens with one attached hydrogen (secondary N) is 1. The largest absolute Gasteiger partial charge is 0.316 e. The molecule has 90 valence electrons. The van der Waals surface area contributed by atoms with E-state index in [1.54, 1.807) is 0 Å². The second-order valence-corrected chi connectivity index (χ2v) is 4.56. The average molecular weight is 229 g/mol. The molecule has 1 aromatic rings. The summed E-state index contributed by atoms with van der Waals surface area (Å²) in [4.78, 5) is 2.42. The Kier molecular flexibility index (Phi) is 4.13. The van der Waals surface area contributed by atoms with Crippen LogP contribution in [0, 0.1) is 11.3 Å². The Hall–Kier alpha value is -1.37. The van der Waals surface area contributed by atoms with E-state index < -0.39 is 0 Å². The standard InChI is InChI=1S/C14H19N3/c1-16-13-8-10-17(11-13)14(7-9-15)12-5-3-2-4-6-12/h2-6,13-14,16H,7-8,10-11H2,1H3. The molecular formula is C14H19N3. The number of hydrogen-bond acceptors (Lipinski definition) is 3. The highest BCUT2D eigenvalue weighted by atomic mass is 15.2. The Morgan fingerprint density at radius 3 is 2.82 bits per heavy atom. The van der Waals surface area contributed by atoms with Gasteiger partial charge in [-0.25, -0.2) is 0 Å². The molecule has 0 aliphatic carbocycles. The van der Waals surface area contributed by atoms with Crippen LogP contribution in [0.1, 0.15) is 24.4 Å². The van der Waals surface area contributed by atoms with Crippen molar-refractivity contribution < 1.29 is 0 Å². The quantitative estimate of drug-likeness (QED) is 0.857. The first kappa shape index (κ1) is 12.1. The number of benzene rings is 1. The van der Waals surface area contributed by atoms with Crippen LogP contribution in [-0.4, -0.2) is 31.1 Å². The van der Waals surface area contributed by atoms with Gasteiger partial charge in [0.1, 0.15) is 0 Å². The number of nitrogens with zero attached hydrogens (tertiary/aromatic N) is 2. The zero-order valence-corrected chi connectivity index (χ0v) is 10.3. The fourth-order valence-electron chi connectivity index (χ4n) is 2.53. The Morgan fingerprint density at radius 1 is 1.47 bits per heavy atom. The molecule has 1 saturated heterocycles. The summed E-state index contributed by atoms with van der Waals surface area (Å²) >= 11 is 0. The Balaban J connectivity index is 2.11. The lowest BCUT2D eigenvalue weighted by atomic mass is 10.0. The van der Waals surface area contributed by atoms with Crippen LogP contribution in [0.3, 0.4) is 0 Å². The molecule has 2 atom stereocenters. The van der Waals surface area contributed by atoms with Crippen molar-refractivity contribution >= 4 is 0 Å². The van der Waals surface area contributed by atoms with Crippen LogP contribution >= 0.6 is 0 Å². The van der Waals surface area contributed by atoms with E-state index in [0.29, 0.717) is 12.5 Å². The molecule has 1 aliphatic rings. The van der Waals surface area contributed by atoms with E-state index >= 15 is 0 Å². The van der Waals surface area contributed by atoms with Crippen LogP contribution in [0.5, 0.6) is 0 Å². The van der Waals surface area contributed by atoms with Crippen molar-refractivity contribution in [3.05, 3.63) is 35.9 Å². The first-order valence-electron chi connectivity index (χ1n) is 6.18. The van der Waals surface area contributed by atoms with Gasteiger partial charge in [-0.1, -0.05) is 30.3 Å². The minimum atomic E-state index is 0.250. The van der Waals surface area contributed by atoms with E-state index in [9.17, 15) is 0 Å². The van der Waals surface area contributed by atoms with E-state index in [0.717, 1.165) is 13.1 Å². The summed E-state index contributed by atoms with van der Waals surface area (Å²) < 4.78 is 0. The van der Waals surface area contributed by atoms with E-state index in [2.05, 4.69) is 28.4 Å². The zero-order valence-electron chi connectivity index (χ0n) is 10.3. The number of rotatable bonds is 4. The molecule has 0 aromatic heterocycles. The van der Waals surface area contributed by atoms with Crippen molar-refractivity contribution in [3.8, 4) is 6.07 Å². The summed E-state index contributed by atoms with van der Waals surface area (Å²) in [5.74, 6) is 0. The highest BCUT2D eigenvalue weighted by molar-refractivity contribution is 5.20. The maximum Gasteiger partial charge on any atom is 0.0641 e. The molecule has 17 heavy (non-hydrogen) atoms. The summed E-state index contributed by atoms with van der Waals surface area (Å²) in [5, 5.41) is 12.3. The van der Waals surface area contributed by atoms with Gasteiger partial charge in [-0.05, 0) is 19.0 Å². The minimum Gasteiger partial charge on any atom is -0.316 e. The smallest absolute Gasteiger partial charge is 0.0641 e. The van der Waals surface area contributed by atoms with E-state index in [-0.39, 0.29) is 6.04 Å². The molecule has 3 heteroatoms. The Morgan fingerprint density at radius 2 is 2.24 bits per heavy atom. The molecule has 2 unspecified atom stereocenters.